The normalized spacial score (nSPS) is 24.7. The van der Waals surface area contributed by atoms with Crippen molar-refractivity contribution in [2.24, 2.45) is 0 Å². The summed E-state index contributed by atoms with van der Waals surface area (Å²) in [5.41, 5.74) is 1.09. The predicted molar refractivity (Wildman–Crippen MR) is 80.1 cm³/mol. The van der Waals surface area contributed by atoms with Crippen molar-refractivity contribution < 1.29 is 8.42 Å². The first-order valence-corrected chi connectivity index (χ1v) is 9.02. The van der Waals surface area contributed by atoms with Crippen LogP contribution in [0.3, 0.4) is 0 Å². The second kappa shape index (κ2) is 5.84. The van der Waals surface area contributed by atoms with Crippen molar-refractivity contribution in [2.45, 2.75) is 25.3 Å². The van der Waals surface area contributed by atoms with Crippen molar-refractivity contribution >= 4 is 10.0 Å². The van der Waals surface area contributed by atoms with Gasteiger partial charge in [-0.3, -0.25) is 4.90 Å². The molecule has 110 valence electrons. The minimum atomic E-state index is -3.11. The average Bonchev–Trinajstić information content (AvgIpc) is 2.94. The third-order valence-corrected chi connectivity index (χ3v) is 6.27. The summed E-state index contributed by atoms with van der Waals surface area (Å²) in [5.74, 6) is 0.226. The number of rotatable bonds is 4. The first-order valence-electron chi connectivity index (χ1n) is 7.41. The van der Waals surface area contributed by atoms with Crippen molar-refractivity contribution in [3.8, 4) is 0 Å². The highest BCUT2D eigenvalue weighted by Gasteiger charge is 2.35. The van der Waals surface area contributed by atoms with Crippen molar-refractivity contribution in [1.29, 1.82) is 0 Å². The van der Waals surface area contributed by atoms with Crippen LogP contribution >= 0.6 is 0 Å². The fraction of sp³-hybridized carbons (Fsp3) is 0.600. The molecule has 0 radical (unpaired) electrons. The molecule has 4 nitrogen and oxygen atoms in total. The standard InChI is InChI=1S/C15H22N2O2S/c18-20(19,12-8-14-5-2-1-3-6-14)17-11-10-16-9-4-7-15(16)13-17/h1-3,5-6,15H,4,7-13H2/t15-/m0/s1. The minimum absolute atomic E-state index is 0.226. The summed E-state index contributed by atoms with van der Waals surface area (Å²) in [6, 6.07) is 10.3. The van der Waals surface area contributed by atoms with Gasteiger partial charge in [-0.15, -0.1) is 0 Å². The molecule has 20 heavy (non-hydrogen) atoms. The highest BCUT2D eigenvalue weighted by atomic mass is 32.2. The molecule has 0 amide bonds. The number of hydrogen-bond acceptors (Lipinski definition) is 3. The lowest BCUT2D eigenvalue weighted by molar-refractivity contribution is 0.158. The van der Waals surface area contributed by atoms with Gasteiger partial charge in [-0.05, 0) is 31.4 Å². The Kier molecular flexibility index (Phi) is 4.10. The van der Waals surface area contributed by atoms with E-state index in [-0.39, 0.29) is 5.75 Å². The van der Waals surface area contributed by atoms with Gasteiger partial charge >= 0.3 is 0 Å². The molecule has 2 aliphatic heterocycles. The molecule has 0 aliphatic carbocycles. The zero-order valence-corrected chi connectivity index (χ0v) is 12.6. The van der Waals surface area contributed by atoms with Crippen molar-refractivity contribution in [3.63, 3.8) is 0 Å². The Morgan fingerprint density at radius 1 is 1.10 bits per heavy atom. The van der Waals surface area contributed by atoms with E-state index in [4.69, 9.17) is 0 Å². The Balaban J connectivity index is 1.60. The van der Waals surface area contributed by atoms with Gasteiger partial charge < -0.3 is 0 Å². The Hall–Kier alpha value is -0.910. The molecule has 1 aromatic rings. The molecular formula is C15H22N2O2S. The smallest absolute Gasteiger partial charge is 0.214 e. The van der Waals surface area contributed by atoms with Crippen LogP contribution in [0.15, 0.2) is 30.3 Å². The number of aryl methyl sites for hydroxylation is 1. The summed E-state index contributed by atoms with van der Waals surface area (Å²) < 4.78 is 26.6. The summed E-state index contributed by atoms with van der Waals surface area (Å²) in [6.45, 7) is 3.39. The molecule has 2 aliphatic rings. The maximum Gasteiger partial charge on any atom is 0.214 e. The predicted octanol–water partition coefficient (Wildman–Crippen LogP) is 1.34. The first-order chi connectivity index (χ1) is 9.65. The molecule has 0 unspecified atom stereocenters. The molecule has 0 aromatic heterocycles. The second-order valence-corrected chi connectivity index (χ2v) is 7.83. The highest BCUT2D eigenvalue weighted by molar-refractivity contribution is 7.89. The van der Waals surface area contributed by atoms with E-state index in [9.17, 15) is 8.42 Å². The fourth-order valence-corrected chi connectivity index (χ4v) is 4.75. The van der Waals surface area contributed by atoms with Crippen LogP contribution in [0.1, 0.15) is 18.4 Å². The summed E-state index contributed by atoms with van der Waals surface area (Å²) in [5, 5.41) is 0. The minimum Gasteiger partial charge on any atom is -0.298 e. The largest absolute Gasteiger partial charge is 0.298 e. The van der Waals surface area contributed by atoms with Gasteiger partial charge in [-0.25, -0.2) is 8.42 Å². The zero-order chi connectivity index (χ0) is 14.0. The van der Waals surface area contributed by atoms with E-state index < -0.39 is 10.0 Å². The first kappa shape index (κ1) is 14.0. The number of sulfonamides is 1. The molecule has 2 saturated heterocycles. The molecule has 2 fully saturated rings. The Bertz CT molecular complexity index is 544. The van der Waals surface area contributed by atoms with Crippen molar-refractivity contribution in [1.82, 2.24) is 9.21 Å². The van der Waals surface area contributed by atoms with E-state index >= 15 is 0 Å². The van der Waals surface area contributed by atoms with Crippen molar-refractivity contribution in [2.75, 3.05) is 31.9 Å². The van der Waals surface area contributed by atoms with Crippen LogP contribution in [0.2, 0.25) is 0 Å². The number of nitrogens with zero attached hydrogens (tertiary/aromatic N) is 2. The lowest BCUT2D eigenvalue weighted by atomic mass is 10.2. The van der Waals surface area contributed by atoms with Crippen LogP contribution in [-0.4, -0.2) is 55.6 Å². The molecule has 1 atom stereocenters. The number of benzene rings is 1. The quantitative estimate of drug-likeness (QED) is 0.841. The SMILES string of the molecule is O=S(=O)(CCc1ccccc1)N1CCN2CCC[C@H]2C1. The van der Waals surface area contributed by atoms with E-state index in [1.807, 2.05) is 30.3 Å². The molecule has 0 saturated carbocycles. The van der Waals surface area contributed by atoms with Gasteiger partial charge in [0.05, 0.1) is 5.75 Å². The Labute approximate surface area is 121 Å². The molecule has 1 aromatic carbocycles. The zero-order valence-electron chi connectivity index (χ0n) is 11.7. The molecular weight excluding hydrogens is 272 g/mol. The van der Waals surface area contributed by atoms with Gasteiger partial charge in [-0.1, -0.05) is 30.3 Å². The third kappa shape index (κ3) is 3.05. The van der Waals surface area contributed by atoms with Crippen LogP contribution in [0, 0.1) is 0 Å². The Morgan fingerprint density at radius 3 is 2.70 bits per heavy atom. The number of piperazine rings is 1. The lowest BCUT2D eigenvalue weighted by Gasteiger charge is -2.36. The van der Waals surface area contributed by atoms with E-state index in [0.717, 1.165) is 25.1 Å². The second-order valence-electron chi connectivity index (χ2n) is 5.74. The molecule has 0 bridgehead atoms. The molecule has 3 rings (SSSR count). The van der Waals surface area contributed by atoms with E-state index in [1.165, 1.54) is 6.42 Å². The van der Waals surface area contributed by atoms with Crippen LogP contribution in [-0.2, 0) is 16.4 Å². The third-order valence-electron chi connectivity index (χ3n) is 4.43. The topological polar surface area (TPSA) is 40.6 Å². The summed E-state index contributed by atoms with van der Waals surface area (Å²) in [4.78, 5) is 2.43. The van der Waals surface area contributed by atoms with Crippen LogP contribution in [0.25, 0.3) is 0 Å². The molecule has 2 heterocycles. The Morgan fingerprint density at radius 2 is 1.90 bits per heavy atom. The van der Waals surface area contributed by atoms with Crippen LogP contribution < -0.4 is 0 Å². The van der Waals surface area contributed by atoms with E-state index in [0.29, 0.717) is 25.6 Å². The van der Waals surface area contributed by atoms with Gasteiger partial charge in [0.2, 0.25) is 10.0 Å². The lowest BCUT2D eigenvalue weighted by Crippen LogP contribution is -2.52. The van der Waals surface area contributed by atoms with Crippen LogP contribution in [0.4, 0.5) is 0 Å². The maximum absolute atomic E-state index is 12.5. The molecule has 0 N–H and O–H groups in total. The van der Waals surface area contributed by atoms with Gasteiger partial charge in [0.25, 0.3) is 0 Å². The number of fused-ring (bicyclic) bond motifs is 1. The van der Waals surface area contributed by atoms with E-state index in [1.54, 1.807) is 4.31 Å². The molecule has 0 spiro atoms. The summed E-state index contributed by atoms with van der Waals surface area (Å²) in [6.07, 6.45) is 2.96. The van der Waals surface area contributed by atoms with Crippen molar-refractivity contribution in [3.05, 3.63) is 35.9 Å². The fourth-order valence-electron chi connectivity index (χ4n) is 3.24. The van der Waals surface area contributed by atoms with E-state index in [2.05, 4.69) is 4.90 Å². The van der Waals surface area contributed by atoms with Gasteiger partial charge in [-0.2, -0.15) is 4.31 Å². The maximum atomic E-state index is 12.5. The highest BCUT2D eigenvalue weighted by Crippen LogP contribution is 2.23. The average molecular weight is 294 g/mol. The van der Waals surface area contributed by atoms with Crippen LogP contribution in [0.5, 0.6) is 0 Å². The number of hydrogen-bond donors (Lipinski definition) is 0. The van der Waals surface area contributed by atoms with Gasteiger partial charge in [0.1, 0.15) is 0 Å². The monoisotopic (exact) mass is 294 g/mol. The van der Waals surface area contributed by atoms with Gasteiger partial charge in [0.15, 0.2) is 0 Å². The summed E-state index contributed by atoms with van der Waals surface area (Å²) in [7, 11) is -3.11. The van der Waals surface area contributed by atoms with Gasteiger partial charge in [0, 0.05) is 25.7 Å². The summed E-state index contributed by atoms with van der Waals surface area (Å²) >= 11 is 0. The molecule has 5 heteroatoms.